The molecule has 1 N–H and O–H groups in total. The molecule has 0 saturated heterocycles. The minimum Gasteiger partial charge on any atom is -0.393 e. The Labute approximate surface area is 97.2 Å². The lowest BCUT2D eigenvalue weighted by atomic mass is 9.97. The van der Waals surface area contributed by atoms with Crippen molar-refractivity contribution in [1.29, 1.82) is 0 Å². The lowest BCUT2D eigenvalue weighted by Gasteiger charge is -2.13. The zero-order valence-electron chi connectivity index (χ0n) is 7.71. The summed E-state index contributed by atoms with van der Waals surface area (Å²) in [6.07, 6.45) is 2.61. The maximum Gasteiger partial charge on any atom is 0.0546 e. The van der Waals surface area contributed by atoms with Gasteiger partial charge >= 0.3 is 0 Å². The summed E-state index contributed by atoms with van der Waals surface area (Å²) in [5.41, 5.74) is 1.16. The van der Waals surface area contributed by atoms with Crippen LogP contribution < -0.4 is 0 Å². The number of hydrogen-bond donors (Lipinski definition) is 1. The first-order valence-corrected chi connectivity index (χ1v) is 5.97. The fraction of sp³-hybridized carbons (Fsp3) is 0.455. The van der Waals surface area contributed by atoms with E-state index in [4.69, 9.17) is 11.6 Å². The summed E-state index contributed by atoms with van der Waals surface area (Å²) in [5.74, 6) is 0.410. The monoisotopic (exact) mass is 274 g/mol. The number of rotatable bonds is 1. The molecular weight excluding hydrogens is 263 g/mol. The number of aliphatic hydroxyl groups is 1. The molecule has 0 amide bonds. The zero-order valence-corrected chi connectivity index (χ0v) is 10.1. The Bertz CT molecular complexity index is 320. The second kappa shape index (κ2) is 4.21. The van der Waals surface area contributed by atoms with Gasteiger partial charge in [0.2, 0.25) is 0 Å². The van der Waals surface area contributed by atoms with Gasteiger partial charge in [0.15, 0.2) is 0 Å². The minimum atomic E-state index is -0.150. The Morgan fingerprint density at radius 2 is 2.14 bits per heavy atom. The Morgan fingerprint density at radius 1 is 1.36 bits per heavy atom. The second-order valence-corrected chi connectivity index (χ2v) is 5.06. The van der Waals surface area contributed by atoms with E-state index in [1.807, 2.05) is 18.2 Å². The largest absolute Gasteiger partial charge is 0.393 e. The number of halogens is 2. The molecule has 0 aromatic heterocycles. The topological polar surface area (TPSA) is 20.2 Å². The molecule has 1 aliphatic carbocycles. The van der Waals surface area contributed by atoms with Gasteiger partial charge in [0.25, 0.3) is 0 Å². The van der Waals surface area contributed by atoms with Crippen molar-refractivity contribution in [1.82, 2.24) is 0 Å². The molecule has 14 heavy (non-hydrogen) atoms. The zero-order chi connectivity index (χ0) is 10.1. The van der Waals surface area contributed by atoms with Gasteiger partial charge in [0.05, 0.1) is 6.10 Å². The smallest absolute Gasteiger partial charge is 0.0546 e. The average molecular weight is 276 g/mol. The van der Waals surface area contributed by atoms with Crippen LogP contribution in [0.25, 0.3) is 0 Å². The van der Waals surface area contributed by atoms with Crippen LogP contribution in [0.4, 0.5) is 0 Å². The van der Waals surface area contributed by atoms with Crippen molar-refractivity contribution >= 4 is 27.5 Å². The van der Waals surface area contributed by atoms with Crippen molar-refractivity contribution in [3.05, 3.63) is 33.3 Å². The molecule has 1 aliphatic rings. The Morgan fingerprint density at radius 3 is 2.71 bits per heavy atom. The first-order valence-electron chi connectivity index (χ1n) is 4.80. The van der Waals surface area contributed by atoms with Crippen LogP contribution in [0.15, 0.2) is 22.7 Å². The quantitative estimate of drug-likeness (QED) is 0.828. The summed E-state index contributed by atoms with van der Waals surface area (Å²) in [5, 5.41) is 10.3. The van der Waals surface area contributed by atoms with Gasteiger partial charge in [-0.25, -0.2) is 0 Å². The van der Waals surface area contributed by atoms with Gasteiger partial charge in [0.1, 0.15) is 0 Å². The van der Waals surface area contributed by atoms with Crippen molar-refractivity contribution in [2.75, 3.05) is 0 Å². The molecule has 2 unspecified atom stereocenters. The molecule has 2 rings (SSSR count). The van der Waals surface area contributed by atoms with E-state index in [0.717, 1.165) is 34.3 Å². The van der Waals surface area contributed by atoms with E-state index in [1.165, 1.54) is 0 Å². The highest BCUT2D eigenvalue weighted by Gasteiger charge is 2.26. The maximum absolute atomic E-state index is 9.48. The first-order chi connectivity index (χ1) is 6.68. The molecule has 1 aromatic carbocycles. The molecule has 0 aliphatic heterocycles. The van der Waals surface area contributed by atoms with Crippen LogP contribution in [-0.2, 0) is 0 Å². The van der Waals surface area contributed by atoms with Crippen molar-refractivity contribution in [2.24, 2.45) is 0 Å². The fourth-order valence-electron chi connectivity index (χ4n) is 2.12. The van der Waals surface area contributed by atoms with E-state index >= 15 is 0 Å². The molecule has 0 heterocycles. The van der Waals surface area contributed by atoms with Crippen LogP contribution in [0, 0.1) is 0 Å². The van der Waals surface area contributed by atoms with Gasteiger partial charge in [-0.15, -0.1) is 0 Å². The van der Waals surface area contributed by atoms with Crippen LogP contribution in [0.5, 0.6) is 0 Å². The average Bonchev–Trinajstić information content (AvgIpc) is 2.51. The maximum atomic E-state index is 9.48. The molecule has 3 heteroatoms. The number of benzene rings is 1. The molecule has 0 bridgehead atoms. The minimum absolute atomic E-state index is 0.150. The van der Waals surface area contributed by atoms with E-state index in [-0.39, 0.29) is 6.10 Å². The van der Waals surface area contributed by atoms with Gasteiger partial charge in [-0.2, -0.15) is 0 Å². The summed E-state index contributed by atoms with van der Waals surface area (Å²) in [7, 11) is 0. The van der Waals surface area contributed by atoms with Gasteiger partial charge in [-0.1, -0.05) is 33.6 Å². The number of aliphatic hydroxyl groups excluding tert-OH is 1. The van der Waals surface area contributed by atoms with Crippen molar-refractivity contribution in [3.8, 4) is 0 Å². The van der Waals surface area contributed by atoms with Crippen LogP contribution in [0.1, 0.15) is 30.7 Å². The molecule has 1 nitrogen and oxygen atoms in total. The predicted molar refractivity (Wildman–Crippen MR) is 61.8 cm³/mol. The van der Waals surface area contributed by atoms with Gasteiger partial charge in [0, 0.05) is 9.50 Å². The van der Waals surface area contributed by atoms with Crippen LogP contribution in [-0.4, -0.2) is 11.2 Å². The standard InChI is InChI=1S/C11H12BrClO/c12-9-2-1-3-10(13)11(9)7-4-5-8(14)6-7/h1-3,7-8,14H,4-6H2. The third kappa shape index (κ3) is 1.97. The van der Waals surface area contributed by atoms with E-state index in [0.29, 0.717) is 5.92 Å². The van der Waals surface area contributed by atoms with Crippen molar-refractivity contribution in [3.63, 3.8) is 0 Å². The van der Waals surface area contributed by atoms with E-state index < -0.39 is 0 Å². The van der Waals surface area contributed by atoms with Crippen LogP contribution >= 0.6 is 27.5 Å². The van der Waals surface area contributed by atoms with E-state index in [2.05, 4.69) is 15.9 Å². The Hall–Kier alpha value is -0.0500. The normalized spacial score (nSPS) is 26.8. The third-order valence-electron chi connectivity index (χ3n) is 2.81. The van der Waals surface area contributed by atoms with Crippen LogP contribution in [0.2, 0.25) is 5.02 Å². The SMILES string of the molecule is OC1CCC(c2c(Cl)cccc2Br)C1. The van der Waals surface area contributed by atoms with Crippen molar-refractivity contribution in [2.45, 2.75) is 31.3 Å². The molecular formula is C11H12BrClO. The summed E-state index contributed by atoms with van der Waals surface area (Å²) in [4.78, 5) is 0. The van der Waals surface area contributed by atoms with E-state index in [1.54, 1.807) is 0 Å². The first kappa shape index (κ1) is 10.5. The van der Waals surface area contributed by atoms with Gasteiger partial charge in [-0.05, 0) is 42.9 Å². The highest BCUT2D eigenvalue weighted by Crippen LogP contribution is 2.41. The molecule has 2 atom stereocenters. The summed E-state index contributed by atoms with van der Waals surface area (Å²) in [6.45, 7) is 0. The predicted octanol–water partition coefficient (Wildman–Crippen LogP) is 3.73. The summed E-state index contributed by atoms with van der Waals surface area (Å²) < 4.78 is 1.06. The molecule has 1 fully saturated rings. The van der Waals surface area contributed by atoms with Gasteiger partial charge < -0.3 is 5.11 Å². The third-order valence-corrected chi connectivity index (χ3v) is 3.83. The molecule has 1 aromatic rings. The summed E-state index contributed by atoms with van der Waals surface area (Å²) >= 11 is 9.66. The molecule has 76 valence electrons. The second-order valence-electron chi connectivity index (χ2n) is 3.80. The van der Waals surface area contributed by atoms with E-state index in [9.17, 15) is 5.11 Å². The van der Waals surface area contributed by atoms with Gasteiger partial charge in [-0.3, -0.25) is 0 Å². The molecule has 0 radical (unpaired) electrons. The highest BCUT2D eigenvalue weighted by molar-refractivity contribution is 9.10. The molecule has 0 spiro atoms. The lowest BCUT2D eigenvalue weighted by Crippen LogP contribution is -2.00. The van der Waals surface area contributed by atoms with Crippen molar-refractivity contribution < 1.29 is 5.11 Å². The Balaban J connectivity index is 2.31. The van der Waals surface area contributed by atoms with Crippen LogP contribution in [0.3, 0.4) is 0 Å². The number of hydrogen-bond acceptors (Lipinski definition) is 1. The lowest BCUT2D eigenvalue weighted by molar-refractivity contribution is 0.181. The highest BCUT2D eigenvalue weighted by atomic mass is 79.9. The fourth-order valence-corrected chi connectivity index (χ4v) is 3.25. The summed E-state index contributed by atoms with van der Waals surface area (Å²) in [6, 6.07) is 5.85. The molecule has 1 saturated carbocycles. The Kier molecular flexibility index (Phi) is 3.15.